The van der Waals surface area contributed by atoms with Crippen molar-refractivity contribution < 1.29 is 17.6 Å². The van der Waals surface area contributed by atoms with Crippen LogP contribution in [0.15, 0.2) is 28.7 Å². The van der Waals surface area contributed by atoms with Crippen molar-refractivity contribution in [1.82, 2.24) is 5.32 Å². The number of aryl methyl sites for hydroxylation is 1. The van der Waals surface area contributed by atoms with E-state index in [0.717, 1.165) is 10.9 Å². The van der Waals surface area contributed by atoms with Crippen LogP contribution in [0, 0.1) is 6.92 Å². The zero-order valence-electron chi connectivity index (χ0n) is 10.1. The minimum Gasteiger partial charge on any atom is -0.459 e. The summed E-state index contributed by atoms with van der Waals surface area (Å²) in [6.07, 6.45) is -5.16. The molecule has 0 fully saturated rings. The number of furan rings is 1. The van der Waals surface area contributed by atoms with E-state index in [9.17, 15) is 13.2 Å². The highest BCUT2D eigenvalue weighted by molar-refractivity contribution is 5.78. The minimum atomic E-state index is -4.22. The van der Waals surface area contributed by atoms with Crippen LogP contribution in [0.25, 0.3) is 11.0 Å². The molecule has 0 aliphatic rings. The maximum absolute atomic E-state index is 12.4. The van der Waals surface area contributed by atoms with Crippen molar-refractivity contribution in [2.45, 2.75) is 25.6 Å². The minimum absolute atomic E-state index is 0.315. The summed E-state index contributed by atoms with van der Waals surface area (Å²) in [5.74, 6) is 0.315. The van der Waals surface area contributed by atoms with Gasteiger partial charge < -0.3 is 9.73 Å². The lowest BCUT2D eigenvalue weighted by molar-refractivity contribution is -0.141. The molecule has 98 valence electrons. The molecule has 1 unspecified atom stereocenters. The Bertz CT molecular complexity index is 545. The smallest absolute Gasteiger partial charge is 0.391 e. The first-order valence-corrected chi connectivity index (χ1v) is 5.63. The Morgan fingerprint density at radius 2 is 2.00 bits per heavy atom. The topological polar surface area (TPSA) is 25.2 Å². The van der Waals surface area contributed by atoms with Gasteiger partial charge in [0.1, 0.15) is 11.3 Å². The Hall–Kier alpha value is -1.49. The first kappa shape index (κ1) is 13.0. The Morgan fingerprint density at radius 3 is 2.61 bits per heavy atom. The van der Waals surface area contributed by atoms with Crippen LogP contribution < -0.4 is 5.32 Å². The third-order valence-electron chi connectivity index (χ3n) is 2.82. The molecule has 2 aromatic rings. The fourth-order valence-corrected chi connectivity index (χ4v) is 1.93. The zero-order chi connectivity index (χ0) is 13.3. The van der Waals surface area contributed by atoms with Crippen molar-refractivity contribution in [2.75, 3.05) is 7.05 Å². The number of benzene rings is 1. The van der Waals surface area contributed by atoms with Crippen LogP contribution >= 0.6 is 0 Å². The van der Waals surface area contributed by atoms with Gasteiger partial charge in [-0.05, 0) is 32.2 Å². The number of hydrogen-bond acceptors (Lipinski definition) is 2. The lowest BCUT2D eigenvalue weighted by Crippen LogP contribution is -2.23. The molecule has 0 saturated carbocycles. The van der Waals surface area contributed by atoms with Crippen LogP contribution in [0.4, 0.5) is 13.2 Å². The molecular weight excluding hydrogens is 243 g/mol. The monoisotopic (exact) mass is 257 g/mol. The lowest BCUT2D eigenvalue weighted by Gasteiger charge is -2.15. The molecule has 5 heteroatoms. The molecule has 1 N–H and O–H groups in total. The van der Waals surface area contributed by atoms with E-state index in [2.05, 4.69) is 5.32 Å². The van der Waals surface area contributed by atoms with E-state index < -0.39 is 18.6 Å². The fourth-order valence-electron chi connectivity index (χ4n) is 1.93. The summed E-state index contributed by atoms with van der Waals surface area (Å²) in [7, 11) is 1.49. The first-order chi connectivity index (χ1) is 8.39. The lowest BCUT2D eigenvalue weighted by atomic mass is 10.1. The van der Waals surface area contributed by atoms with E-state index in [1.807, 2.05) is 19.1 Å². The Balaban J connectivity index is 2.34. The molecule has 0 amide bonds. The SMILES string of the molecule is CNC(CC(F)(F)F)c1cc2cc(C)ccc2o1. The van der Waals surface area contributed by atoms with Gasteiger partial charge in [-0.3, -0.25) is 0 Å². The molecule has 1 aromatic heterocycles. The quantitative estimate of drug-likeness (QED) is 0.900. The van der Waals surface area contributed by atoms with Crippen molar-refractivity contribution in [2.24, 2.45) is 0 Å². The van der Waals surface area contributed by atoms with Crippen LogP contribution in [0.5, 0.6) is 0 Å². The Labute approximate surface area is 103 Å². The standard InChI is InChI=1S/C13H14F3NO/c1-8-3-4-11-9(5-8)6-12(18-11)10(17-2)7-13(14,15)16/h3-6,10,17H,7H2,1-2H3. The van der Waals surface area contributed by atoms with Crippen LogP contribution in [0.3, 0.4) is 0 Å². The summed E-state index contributed by atoms with van der Waals surface area (Å²) in [6.45, 7) is 1.93. The normalized spacial score (nSPS) is 14.1. The predicted octanol–water partition coefficient (Wildman–Crippen LogP) is 3.95. The Morgan fingerprint density at radius 1 is 1.28 bits per heavy atom. The fraction of sp³-hybridized carbons (Fsp3) is 0.385. The van der Waals surface area contributed by atoms with E-state index in [1.165, 1.54) is 7.05 Å². The van der Waals surface area contributed by atoms with Crippen LogP contribution in [0.2, 0.25) is 0 Å². The third kappa shape index (κ3) is 2.85. The maximum Gasteiger partial charge on any atom is 0.391 e. The maximum atomic E-state index is 12.4. The second kappa shape index (κ2) is 4.65. The molecule has 0 aliphatic carbocycles. The van der Waals surface area contributed by atoms with Gasteiger partial charge in [0, 0.05) is 5.39 Å². The number of hydrogen-bond donors (Lipinski definition) is 1. The van der Waals surface area contributed by atoms with E-state index in [4.69, 9.17) is 4.42 Å². The molecule has 2 rings (SSSR count). The van der Waals surface area contributed by atoms with Gasteiger partial charge >= 0.3 is 6.18 Å². The van der Waals surface area contributed by atoms with Gasteiger partial charge in [0.05, 0.1) is 12.5 Å². The largest absolute Gasteiger partial charge is 0.459 e. The highest BCUT2D eigenvalue weighted by Crippen LogP contribution is 2.32. The molecule has 0 radical (unpaired) electrons. The van der Waals surface area contributed by atoms with E-state index in [-0.39, 0.29) is 0 Å². The highest BCUT2D eigenvalue weighted by atomic mass is 19.4. The zero-order valence-corrected chi connectivity index (χ0v) is 10.1. The number of halogens is 3. The molecule has 18 heavy (non-hydrogen) atoms. The predicted molar refractivity (Wildman–Crippen MR) is 63.4 cm³/mol. The first-order valence-electron chi connectivity index (χ1n) is 5.63. The van der Waals surface area contributed by atoms with E-state index >= 15 is 0 Å². The van der Waals surface area contributed by atoms with Gasteiger partial charge in [-0.2, -0.15) is 13.2 Å². The summed E-state index contributed by atoms with van der Waals surface area (Å²) in [6, 6.07) is 6.35. The number of fused-ring (bicyclic) bond motifs is 1. The molecule has 0 bridgehead atoms. The van der Waals surface area contributed by atoms with Gasteiger partial charge in [0.2, 0.25) is 0 Å². The molecule has 0 spiro atoms. The number of nitrogens with one attached hydrogen (secondary N) is 1. The molecule has 1 aromatic carbocycles. The summed E-state index contributed by atoms with van der Waals surface area (Å²) >= 11 is 0. The highest BCUT2D eigenvalue weighted by Gasteiger charge is 2.33. The van der Waals surface area contributed by atoms with Crippen LogP contribution in [0.1, 0.15) is 23.8 Å². The summed E-state index contributed by atoms with van der Waals surface area (Å²) in [4.78, 5) is 0. The van der Waals surface area contributed by atoms with Gasteiger partial charge in [-0.1, -0.05) is 11.6 Å². The molecule has 2 nitrogen and oxygen atoms in total. The van der Waals surface area contributed by atoms with Gasteiger partial charge in [0.25, 0.3) is 0 Å². The summed E-state index contributed by atoms with van der Waals surface area (Å²) in [5, 5.41) is 3.46. The van der Waals surface area contributed by atoms with E-state index in [0.29, 0.717) is 11.3 Å². The van der Waals surface area contributed by atoms with Crippen molar-refractivity contribution in [3.8, 4) is 0 Å². The van der Waals surface area contributed by atoms with Gasteiger partial charge in [-0.15, -0.1) is 0 Å². The van der Waals surface area contributed by atoms with Gasteiger partial charge in [-0.25, -0.2) is 0 Å². The third-order valence-corrected chi connectivity index (χ3v) is 2.82. The molecule has 1 atom stereocenters. The summed E-state index contributed by atoms with van der Waals surface area (Å²) < 4.78 is 42.7. The second-order valence-corrected chi connectivity index (χ2v) is 4.35. The molecule has 0 aliphatic heterocycles. The van der Waals surface area contributed by atoms with Crippen LogP contribution in [-0.2, 0) is 0 Å². The molecule has 0 saturated heterocycles. The second-order valence-electron chi connectivity index (χ2n) is 4.35. The van der Waals surface area contributed by atoms with Crippen molar-refractivity contribution in [3.05, 3.63) is 35.6 Å². The number of alkyl halides is 3. The average molecular weight is 257 g/mol. The molecular formula is C13H14F3NO. The summed E-state index contributed by atoms with van der Waals surface area (Å²) in [5.41, 5.74) is 1.66. The van der Waals surface area contributed by atoms with Gasteiger partial charge in [0.15, 0.2) is 0 Å². The Kier molecular flexibility index (Phi) is 3.34. The van der Waals surface area contributed by atoms with Crippen molar-refractivity contribution in [1.29, 1.82) is 0 Å². The van der Waals surface area contributed by atoms with Crippen molar-refractivity contribution >= 4 is 11.0 Å². The van der Waals surface area contributed by atoms with E-state index in [1.54, 1.807) is 12.1 Å². The van der Waals surface area contributed by atoms with Crippen molar-refractivity contribution in [3.63, 3.8) is 0 Å². The molecule has 1 heterocycles. The number of rotatable bonds is 3. The van der Waals surface area contributed by atoms with Crippen LogP contribution in [-0.4, -0.2) is 13.2 Å². The average Bonchev–Trinajstić information content (AvgIpc) is 2.67.